The van der Waals surface area contributed by atoms with E-state index in [0.29, 0.717) is 23.7 Å². The van der Waals surface area contributed by atoms with Crippen molar-refractivity contribution in [2.45, 2.75) is 25.3 Å². The standard InChI is InChI=1S/C19H18N6O/c20-7-5-17(13-1-2-13)24-19(26)16-11-22-25-18(16)23-15-4-3-12-6-8-21-10-14(12)9-15/h3-4,6,8-11,13,17H,1-2,5H2,(H,24,26)(H2,22,23,25). The van der Waals surface area contributed by atoms with Crippen molar-refractivity contribution >= 4 is 28.2 Å². The Morgan fingerprint density at radius 1 is 1.31 bits per heavy atom. The van der Waals surface area contributed by atoms with Crippen LogP contribution in [0.4, 0.5) is 11.5 Å². The maximum Gasteiger partial charge on any atom is 0.256 e. The maximum absolute atomic E-state index is 12.6. The molecule has 1 amide bonds. The van der Waals surface area contributed by atoms with Gasteiger partial charge in [0.15, 0.2) is 0 Å². The summed E-state index contributed by atoms with van der Waals surface area (Å²) in [6, 6.07) is 9.90. The van der Waals surface area contributed by atoms with Crippen molar-refractivity contribution in [2.24, 2.45) is 5.92 Å². The average molecular weight is 346 g/mol. The number of hydrogen-bond donors (Lipinski definition) is 3. The van der Waals surface area contributed by atoms with Crippen LogP contribution < -0.4 is 10.6 Å². The van der Waals surface area contributed by atoms with E-state index in [2.05, 4.69) is 31.9 Å². The van der Waals surface area contributed by atoms with E-state index < -0.39 is 0 Å². The fourth-order valence-corrected chi connectivity index (χ4v) is 3.04. The van der Waals surface area contributed by atoms with Gasteiger partial charge in [0.05, 0.1) is 18.7 Å². The van der Waals surface area contributed by atoms with Crippen LogP contribution in [0.5, 0.6) is 0 Å². The van der Waals surface area contributed by atoms with E-state index in [1.54, 1.807) is 12.4 Å². The van der Waals surface area contributed by atoms with Crippen LogP contribution in [0.25, 0.3) is 10.8 Å². The number of nitrogens with one attached hydrogen (secondary N) is 3. The number of fused-ring (bicyclic) bond motifs is 1. The zero-order valence-corrected chi connectivity index (χ0v) is 14.1. The summed E-state index contributed by atoms with van der Waals surface area (Å²) in [4.78, 5) is 16.7. The largest absolute Gasteiger partial charge is 0.348 e. The van der Waals surface area contributed by atoms with E-state index in [0.717, 1.165) is 29.3 Å². The van der Waals surface area contributed by atoms with Gasteiger partial charge in [-0.2, -0.15) is 10.4 Å². The topological polar surface area (TPSA) is 106 Å². The normalized spacial score (nSPS) is 14.6. The van der Waals surface area contributed by atoms with Crippen LogP contribution in [0.2, 0.25) is 0 Å². The van der Waals surface area contributed by atoms with E-state index in [-0.39, 0.29) is 11.9 Å². The molecule has 130 valence electrons. The Morgan fingerprint density at radius 2 is 2.19 bits per heavy atom. The van der Waals surface area contributed by atoms with Gasteiger partial charge in [-0.3, -0.25) is 14.9 Å². The molecule has 1 fully saturated rings. The first-order chi connectivity index (χ1) is 12.7. The lowest BCUT2D eigenvalue weighted by atomic mass is 10.1. The van der Waals surface area contributed by atoms with Gasteiger partial charge in [0.2, 0.25) is 0 Å². The van der Waals surface area contributed by atoms with Gasteiger partial charge < -0.3 is 10.6 Å². The summed E-state index contributed by atoms with van der Waals surface area (Å²) < 4.78 is 0. The Hall–Kier alpha value is -3.40. The highest BCUT2D eigenvalue weighted by Gasteiger charge is 2.32. The van der Waals surface area contributed by atoms with E-state index in [9.17, 15) is 4.79 Å². The summed E-state index contributed by atoms with van der Waals surface area (Å²) >= 11 is 0. The molecule has 1 aliphatic rings. The molecule has 2 aromatic heterocycles. The number of nitriles is 1. The van der Waals surface area contributed by atoms with Crippen LogP contribution in [0.1, 0.15) is 29.6 Å². The fourth-order valence-electron chi connectivity index (χ4n) is 3.04. The zero-order chi connectivity index (χ0) is 17.9. The van der Waals surface area contributed by atoms with Crippen molar-refractivity contribution in [3.63, 3.8) is 0 Å². The SMILES string of the molecule is N#CCC(NC(=O)c1cn[nH]c1Nc1ccc2ccncc2c1)C1CC1. The number of benzene rings is 1. The number of H-pyrrole nitrogens is 1. The molecule has 0 bridgehead atoms. The molecule has 3 N–H and O–H groups in total. The predicted molar refractivity (Wildman–Crippen MR) is 97.8 cm³/mol. The number of amides is 1. The first kappa shape index (κ1) is 16.1. The molecule has 2 heterocycles. The second-order valence-corrected chi connectivity index (χ2v) is 6.50. The number of aromatic amines is 1. The van der Waals surface area contributed by atoms with E-state index in [4.69, 9.17) is 5.26 Å². The van der Waals surface area contributed by atoms with Gasteiger partial charge in [-0.25, -0.2) is 0 Å². The first-order valence-corrected chi connectivity index (χ1v) is 8.56. The zero-order valence-electron chi connectivity index (χ0n) is 14.1. The molecule has 1 atom stereocenters. The summed E-state index contributed by atoms with van der Waals surface area (Å²) in [6.07, 6.45) is 7.50. The molecule has 0 radical (unpaired) electrons. The van der Waals surface area contributed by atoms with Crippen LogP contribution in [-0.2, 0) is 0 Å². The first-order valence-electron chi connectivity index (χ1n) is 8.56. The maximum atomic E-state index is 12.6. The number of pyridine rings is 1. The van der Waals surface area contributed by atoms with Crippen LogP contribution >= 0.6 is 0 Å². The number of aromatic nitrogens is 3. The molecule has 1 saturated carbocycles. The average Bonchev–Trinajstić information content (AvgIpc) is 3.40. The molecule has 0 saturated heterocycles. The number of rotatable bonds is 6. The number of carbonyl (C=O) groups is 1. The van der Waals surface area contributed by atoms with Crippen molar-refractivity contribution in [1.82, 2.24) is 20.5 Å². The van der Waals surface area contributed by atoms with Crippen molar-refractivity contribution in [3.8, 4) is 6.07 Å². The van der Waals surface area contributed by atoms with Gasteiger partial charge in [-0.05, 0) is 42.3 Å². The Labute approximate surface area is 150 Å². The molecule has 4 rings (SSSR count). The van der Waals surface area contributed by atoms with Gasteiger partial charge in [0, 0.05) is 29.5 Å². The third-order valence-corrected chi connectivity index (χ3v) is 4.61. The molecule has 7 nitrogen and oxygen atoms in total. The summed E-state index contributed by atoms with van der Waals surface area (Å²) in [5.74, 6) is 0.711. The second-order valence-electron chi connectivity index (χ2n) is 6.50. The van der Waals surface area contributed by atoms with Gasteiger partial charge in [0.25, 0.3) is 5.91 Å². The lowest BCUT2D eigenvalue weighted by Gasteiger charge is -2.15. The van der Waals surface area contributed by atoms with Gasteiger partial charge >= 0.3 is 0 Å². The number of carbonyl (C=O) groups excluding carboxylic acids is 1. The number of anilines is 2. The van der Waals surface area contributed by atoms with E-state index >= 15 is 0 Å². The quantitative estimate of drug-likeness (QED) is 0.636. The van der Waals surface area contributed by atoms with Crippen LogP contribution in [0, 0.1) is 17.2 Å². The molecule has 26 heavy (non-hydrogen) atoms. The smallest absolute Gasteiger partial charge is 0.256 e. The van der Waals surface area contributed by atoms with Crippen LogP contribution in [-0.4, -0.2) is 27.1 Å². The highest BCUT2D eigenvalue weighted by atomic mass is 16.1. The minimum absolute atomic E-state index is 0.0954. The highest BCUT2D eigenvalue weighted by Crippen LogP contribution is 2.34. The van der Waals surface area contributed by atoms with Crippen molar-refractivity contribution in [3.05, 3.63) is 48.4 Å². The summed E-state index contributed by atoms with van der Waals surface area (Å²) in [7, 11) is 0. The van der Waals surface area contributed by atoms with Crippen molar-refractivity contribution < 1.29 is 4.79 Å². The molecule has 1 aliphatic carbocycles. The van der Waals surface area contributed by atoms with Crippen LogP contribution in [0.15, 0.2) is 42.9 Å². The van der Waals surface area contributed by atoms with Crippen molar-refractivity contribution in [1.29, 1.82) is 5.26 Å². The molecule has 7 heteroatoms. The Kier molecular flexibility index (Phi) is 4.23. The van der Waals surface area contributed by atoms with E-state index in [1.165, 1.54) is 6.20 Å². The monoisotopic (exact) mass is 346 g/mol. The number of nitrogens with zero attached hydrogens (tertiary/aromatic N) is 3. The molecule has 0 spiro atoms. The van der Waals surface area contributed by atoms with Crippen molar-refractivity contribution in [2.75, 3.05) is 5.32 Å². The number of hydrogen-bond acceptors (Lipinski definition) is 5. The van der Waals surface area contributed by atoms with Gasteiger partial charge in [0.1, 0.15) is 11.4 Å². The molecule has 3 aromatic rings. The van der Waals surface area contributed by atoms with E-state index in [1.807, 2.05) is 24.3 Å². The van der Waals surface area contributed by atoms with Gasteiger partial charge in [-0.15, -0.1) is 0 Å². The molecular formula is C19H18N6O. The molecule has 1 aromatic carbocycles. The molecular weight excluding hydrogens is 328 g/mol. The summed E-state index contributed by atoms with van der Waals surface area (Å²) in [5, 5.41) is 24.0. The predicted octanol–water partition coefficient (Wildman–Crippen LogP) is 3.12. The molecule has 0 aliphatic heterocycles. The minimum atomic E-state index is -0.226. The Morgan fingerprint density at radius 3 is 3.00 bits per heavy atom. The highest BCUT2D eigenvalue weighted by molar-refractivity contribution is 5.99. The molecule has 1 unspecified atom stereocenters. The second kappa shape index (κ2) is 6.84. The van der Waals surface area contributed by atoms with Crippen LogP contribution in [0.3, 0.4) is 0 Å². The third kappa shape index (κ3) is 3.35. The summed E-state index contributed by atoms with van der Waals surface area (Å²) in [6.45, 7) is 0. The fraction of sp³-hybridized carbons (Fsp3) is 0.263. The Balaban J connectivity index is 1.52. The lowest BCUT2D eigenvalue weighted by molar-refractivity contribution is 0.0934. The van der Waals surface area contributed by atoms with Gasteiger partial charge in [-0.1, -0.05) is 6.07 Å². The minimum Gasteiger partial charge on any atom is -0.348 e. The third-order valence-electron chi connectivity index (χ3n) is 4.61. The Bertz CT molecular complexity index is 985. The summed E-state index contributed by atoms with van der Waals surface area (Å²) in [5.41, 5.74) is 1.26. The lowest BCUT2D eigenvalue weighted by Crippen LogP contribution is -2.36.